The molecule has 0 radical (unpaired) electrons. The topological polar surface area (TPSA) is 50.4 Å². The van der Waals surface area contributed by atoms with E-state index in [-0.39, 0.29) is 12.0 Å². The van der Waals surface area contributed by atoms with Crippen LogP contribution in [-0.2, 0) is 9.53 Å². The number of ether oxygens (including phenoxy) is 1. The summed E-state index contributed by atoms with van der Waals surface area (Å²) in [6.07, 6.45) is 5.09. The summed E-state index contributed by atoms with van der Waals surface area (Å²) in [6, 6.07) is 0.609. The fourth-order valence-electron chi connectivity index (χ4n) is 1.93. The quantitative estimate of drug-likeness (QED) is 0.685. The molecular formula is C12H24N2O2. The fraction of sp³-hybridized carbons (Fsp3) is 0.917. The lowest BCUT2D eigenvalue weighted by molar-refractivity contribution is -0.121. The summed E-state index contributed by atoms with van der Waals surface area (Å²) in [4.78, 5) is 11.5. The van der Waals surface area contributed by atoms with Crippen molar-refractivity contribution in [2.75, 3.05) is 20.2 Å². The van der Waals surface area contributed by atoms with Gasteiger partial charge in [0.2, 0.25) is 5.91 Å². The predicted octanol–water partition coefficient (Wildman–Crippen LogP) is 1.06. The smallest absolute Gasteiger partial charge is 0.220 e. The summed E-state index contributed by atoms with van der Waals surface area (Å²) in [5.74, 6) is 0.141. The summed E-state index contributed by atoms with van der Waals surface area (Å²) >= 11 is 0. The maximum absolute atomic E-state index is 11.5. The largest absolute Gasteiger partial charge is 0.382 e. The molecule has 94 valence electrons. The van der Waals surface area contributed by atoms with E-state index < -0.39 is 0 Å². The highest BCUT2D eigenvalue weighted by atomic mass is 16.5. The molecule has 1 heterocycles. The SMILES string of the molecule is COC(C)CCC(=O)NCC[C@H]1CCCN1. The van der Waals surface area contributed by atoms with E-state index in [1.165, 1.54) is 12.8 Å². The summed E-state index contributed by atoms with van der Waals surface area (Å²) in [5, 5.41) is 6.37. The normalized spacial score (nSPS) is 22.0. The van der Waals surface area contributed by atoms with E-state index in [2.05, 4.69) is 10.6 Å². The summed E-state index contributed by atoms with van der Waals surface area (Å²) in [7, 11) is 1.67. The van der Waals surface area contributed by atoms with E-state index >= 15 is 0 Å². The number of amides is 1. The molecule has 0 aliphatic carbocycles. The average Bonchev–Trinajstić information content (AvgIpc) is 2.79. The molecule has 2 N–H and O–H groups in total. The first-order chi connectivity index (χ1) is 7.72. The second-order valence-corrected chi connectivity index (χ2v) is 4.52. The minimum Gasteiger partial charge on any atom is -0.382 e. The van der Waals surface area contributed by atoms with E-state index in [1.54, 1.807) is 7.11 Å². The molecule has 4 nitrogen and oxygen atoms in total. The highest BCUT2D eigenvalue weighted by molar-refractivity contribution is 5.75. The number of carbonyl (C=O) groups excluding carboxylic acids is 1. The fourth-order valence-corrected chi connectivity index (χ4v) is 1.93. The first kappa shape index (κ1) is 13.5. The van der Waals surface area contributed by atoms with Crippen LogP contribution in [0.5, 0.6) is 0 Å². The first-order valence-corrected chi connectivity index (χ1v) is 6.25. The Morgan fingerprint density at radius 3 is 3.06 bits per heavy atom. The Balaban J connectivity index is 1.97. The molecule has 1 rings (SSSR count). The van der Waals surface area contributed by atoms with Crippen LogP contribution in [0.4, 0.5) is 0 Å². The van der Waals surface area contributed by atoms with E-state index in [0.29, 0.717) is 12.5 Å². The number of nitrogens with one attached hydrogen (secondary N) is 2. The summed E-state index contributed by atoms with van der Waals surface area (Å²) in [6.45, 7) is 3.90. The zero-order valence-corrected chi connectivity index (χ0v) is 10.4. The molecule has 0 aromatic carbocycles. The van der Waals surface area contributed by atoms with E-state index in [4.69, 9.17) is 4.74 Å². The highest BCUT2D eigenvalue weighted by Crippen LogP contribution is 2.07. The van der Waals surface area contributed by atoms with E-state index in [0.717, 1.165) is 25.9 Å². The van der Waals surface area contributed by atoms with E-state index in [9.17, 15) is 4.79 Å². The van der Waals surface area contributed by atoms with Crippen molar-refractivity contribution >= 4 is 5.91 Å². The van der Waals surface area contributed by atoms with Gasteiger partial charge >= 0.3 is 0 Å². The van der Waals surface area contributed by atoms with Crippen LogP contribution in [0.25, 0.3) is 0 Å². The van der Waals surface area contributed by atoms with Crippen LogP contribution in [0.2, 0.25) is 0 Å². The van der Waals surface area contributed by atoms with Crippen LogP contribution >= 0.6 is 0 Å². The van der Waals surface area contributed by atoms with Crippen molar-refractivity contribution in [2.45, 2.75) is 51.2 Å². The van der Waals surface area contributed by atoms with E-state index in [1.807, 2.05) is 6.92 Å². The van der Waals surface area contributed by atoms with Gasteiger partial charge < -0.3 is 15.4 Å². The van der Waals surface area contributed by atoms with Crippen LogP contribution in [0.1, 0.15) is 39.0 Å². The van der Waals surface area contributed by atoms with Crippen molar-refractivity contribution in [1.29, 1.82) is 0 Å². The number of rotatable bonds is 7. The van der Waals surface area contributed by atoms with Gasteiger partial charge in [-0.25, -0.2) is 0 Å². The zero-order valence-electron chi connectivity index (χ0n) is 10.4. The van der Waals surface area contributed by atoms with Crippen LogP contribution in [0.3, 0.4) is 0 Å². The minimum atomic E-state index is 0.141. The molecule has 1 aliphatic heterocycles. The third-order valence-electron chi connectivity index (χ3n) is 3.16. The van der Waals surface area contributed by atoms with Gasteiger partial charge in [0.05, 0.1) is 6.10 Å². The lowest BCUT2D eigenvalue weighted by Crippen LogP contribution is -2.30. The molecule has 0 bridgehead atoms. The number of hydrogen-bond acceptors (Lipinski definition) is 3. The lowest BCUT2D eigenvalue weighted by Gasteiger charge is -2.12. The second kappa shape index (κ2) is 7.63. The van der Waals surface area contributed by atoms with Gasteiger partial charge in [-0.3, -0.25) is 4.79 Å². The standard InChI is InChI=1S/C12H24N2O2/c1-10(16-2)5-6-12(15)14-9-7-11-4-3-8-13-11/h10-11,13H,3-9H2,1-2H3,(H,14,15)/t10?,11-/m1/s1. The zero-order chi connectivity index (χ0) is 11.8. The monoisotopic (exact) mass is 228 g/mol. The molecule has 1 saturated heterocycles. The predicted molar refractivity (Wildman–Crippen MR) is 64.4 cm³/mol. The third-order valence-corrected chi connectivity index (χ3v) is 3.16. The molecule has 1 amide bonds. The number of hydrogen-bond donors (Lipinski definition) is 2. The van der Waals surface area contributed by atoms with Crippen molar-refractivity contribution in [2.24, 2.45) is 0 Å². The summed E-state index contributed by atoms with van der Waals surface area (Å²) < 4.78 is 5.10. The van der Waals surface area contributed by atoms with Crippen molar-refractivity contribution in [3.05, 3.63) is 0 Å². The molecule has 0 aromatic rings. The molecule has 0 spiro atoms. The maximum atomic E-state index is 11.5. The van der Waals surface area contributed by atoms with Gasteiger partial charge in [-0.15, -0.1) is 0 Å². The van der Waals surface area contributed by atoms with Gasteiger partial charge in [-0.05, 0) is 39.2 Å². The Labute approximate surface area is 98.1 Å². The Hall–Kier alpha value is -0.610. The molecule has 0 aromatic heterocycles. The Morgan fingerprint density at radius 1 is 1.62 bits per heavy atom. The van der Waals surface area contributed by atoms with Crippen molar-refractivity contribution in [3.63, 3.8) is 0 Å². The van der Waals surface area contributed by atoms with Crippen molar-refractivity contribution < 1.29 is 9.53 Å². The second-order valence-electron chi connectivity index (χ2n) is 4.52. The van der Waals surface area contributed by atoms with Gasteiger partial charge in [-0.1, -0.05) is 0 Å². The van der Waals surface area contributed by atoms with Crippen molar-refractivity contribution in [1.82, 2.24) is 10.6 Å². The number of carbonyl (C=O) groups is 1. The van der Waals surface area contributed by atoms with Gasteiger partial charge in [0.15, 0.2) is 0 Å². The molecular weight excluding hydrogens is 204 g/mol. The molecule has 1 fully saturated rings. The Kier molecular flexibility index (Phi) is 6.42. The van der Waals surface area contributed by atoms with Crippen LogP contribution < -0.4 is 10.6 Å². The molecule has 1 unspecified atom stereocenters. The Morgan fingerprint density at radius 2 is 2.44 bits per heavy atom. The Bertz CT molecular complexity index is 203. The third kappa shape index (κ3) is 5.47. The summed E-state index contributed by atoms with van der Waals surface area (Å²) in [5.41, 5.74) is 0. The maximum Gasteiger partial charge on any atom is 0.220 e. The average molecular weight is 228 g/mol. The van der Waals surface area contributed by atoms with Crippen LogP contribution in [0, 0.1) is 0 Å². The van der Waals surface area contributed by atoms with Gasteiger partial charge in [0.1, 0.15) is 0 Å². The molecule has 1 aliphatic rings. The number of methoxy groups -OCH3 is 1. The molecule has 0 saturated carbocycles. The highest BCUT2D eigenvalue weighted by Gasteiger charge is 2.13. The molecule has 2 atom stereocenters. The minimum absolute atomic E-state index is 0.141. The first-order valence-electron chi connectivity index (χ1n) is 6.25. The van der Waals surface area contributed by atoms with Gasteiger partial charge in [0.25, 0.3) is 0 Å². The molecule has 4 heteroatoms. The van der Waals surface area contributed by atoms with Gasteiger partial charge in [0, 0.05) is 26.1 Å². The molecule has 16 heavy (non-hydrogen) atoms. The van der Waals surface area contributed by atoms with Gasteiger partial charge in [-0.2, -0.15) is 0 Å². The van der Waals surface area contributed by atoms with Crippen LogP contribution in [0.15, 0.2) is 0 Å². The van der Waals surface area contributed by atoms with Crippen molar-refractivity contribution in [3.8, 4) is 0 Å². The van der Waals surface area contributed by atoms with Crippen LogP contribution in [-0.4, -0.2) is 38.3 Å². The lowest BCUT2D eigenvalue weighted by atomic mass is 10.1.